The Morgan fingerprint density at radius 2 is 1.50 bits per heavy atom. The van der Waals surface area contributed by atoms with Gasteiger partial charge in [-0.25, -0.2) is 0 Å². The van der Waals surface area contributed by atoms with Gasteiger partial charge in [0.2, 0.25) is 0 Å². The zero-order valence-corrected chi connectivity index (χ0v) is 16.0. The van der Waals surface area contributed by atoms with E-state index in [0.29, 0.717) is 5.41 Å². The molecule has 0 heterocycles. The van der Waals surface area contributed by atoms with Crippen LogP contribution in [0.2, 0.25) is 0 Å². The number of carbonyl (C=O) groups excluding carboxylic acids is 1. The molecule has 3 heteroatoms. The molecule has 0 aliphatic heterocycles. The van der Waals surface area contributed by atoms with E-state index in [1.807, 2.05) is 30.3 Å². The summed E-state index contributed by atoms with van der Waals surface area (Å²) in [6, 6.07) is 9.59. The van der Waals surface area contributed by atoms with Crippen LogP contribution in [0.3, 0.4) is 0 Å². The van der Waals surface area contributed by atoms with Gasteiger partial charge < -0.3 is 10.1 Å². The average Bonchev–Trinajstić information content (AvgIpc) is 2.61. The summed E-state index contributed by atoms with van der Waals surface area (Å²) in [4.78, 5) is 12.3. The molecular weight excluding hydrogens is 322 g/mol. The Morgan fingerprint density at radius 1 is 0.923 bits per heavy atom. The second-order valence-electron chi connectivity index (χ2n) is 9.07. The first kappa shape index (κ1) is 17.9. The Balaban J connectivity index is 1.23. The molecule has 142 valence electrons. The van der Waals surface area contributed by atoms with Gasteiger partial charge >= 0.3 is 0 Å². The van der Waals surface area contributed by atoms with Gasteiger partial charge in [-0.05, 0) is 55.6 Å². The van der Waals surface area contributed by atoms with E-state index >= 15 is 0 Å². The number of hydrogen-bond acceptors (Lipinski definition) is 2. The van der Waals surface area contributed by atoms with Gasteiger partial charge in [-0.15, -0.1) is 0 Å². The Bertz CT molecular complexity index is 582. The molecule has 0 saturated heterocycles. The molecule has 4 aliphatic rings. The molecule has 0 spiro atoms. The number of benzene rings is 1. The minimum atomic E-state index is 0.0353. The van der Waals surface area contributed by atoms with Crippen LogP contribution in [0.1, 0.15) is 77.0 Å². The van der Waals surface area contributed by atoms with E-state index < -0.39 is 0 Å². The summed E-state index contributed by atoms with van der Waals surface area (Å²) in [6.45, 7) is 0.127. The van der Waals surface area contributed by atoms with Crippen LogP contribution in [0.4, 0.5) is 0 Å². The lowest BCUT2D eigenvalue weighted by molar-refractivity contribution is -0.197. The summed E-state index contributed by atoms with van der Waals surface area (Å²) in [5.74, 6) is 1.70. The Hall–Kier alpha value is -1.51. The van der Waals surface area contributed by atoms with Crippen LogP contribution in [0.15, 0.2) is 30.3 Å². The standard InChI is InChI=1S/C23H33NO2/c25-21(15-26-20-13-9-6-10-14-20)24-23-16-22(17-23,18-23)19-11-7-4-2-1-3-5-8-12-19/h6,9-10,13-14,19H,1-5,7-8,11-12,15-18H2,(H,24,25). The van der Waals surface area contributed by atoms with Crippen molar-refractivity contribution in [1.82, 2.24) is 5.32 Å². The Kier molecular flexibility index (Phi) is 5.24. The second-order valence-corrected chi connectivity index (χ2v) is 9.07. The smallest absolute Gasteiger partial charge is 0.258 e. The number of hydrogen-bond donors (Lipinski definition) is 1. The lowest BCUT2D eigenvalue weighted by Crippen LogP contribution is -2.76. The van der Waals surface area contributed by atoms with E-state index in [2.05, 4.69) is 5.32 Å². The largest absolute Gasteiger partial charge is 0.484 e. The molecule has 4 fully saturated rings. The third-order valence-corrected chi connectivity index (χ3v) is 7.06. The molecule has 1 aromatic carbocycles. The maximum absolute atomic E-state index is 12.3. The highest BCUT2D eigenvalue weighted by atomic mass is 16.5. The molecule has 0 atom stereocenters. The van der Waals surface area contributed by atoms with Crippen LogP contribution in [0, 0.1) is 11.3 Å². The van der Waals surface area contributed by atoms with Crippen molar-refractivity contribution in [3.8, 4) is 5.75 Å². The average molecular weight is 356 g/mol. The van der Waals surface area contributed by atoms with Crippen molar-refractivity contribution >= 4 is 5.91 Å². The van der Waals surface area contributed by atoms with E-state index in [-0.39, 0.29) is 18.1 Å². The minimum absolute atomic E-state index is 0.0353. The van der Waals surface area contributed by atoms with Crippen molar-refractivity contribution in [2.75, 3.05) is 6.61 Å². The maximum Gasteiger partial charge on any atom is 0.258 e. The first-order valence-corrected chi connectivity index (χ1v) is 10.7. The summed E-state index contributed by atoms with van der Waals surface area (Å²) in [5.41, 5.74) is 0.666. The Morgan fingerprint density at radius 3 is 2.12 bits per heavy atom. The van der Waals surface area contributed by atoms with Crippen molar-refractivity contribution in [1.29, 1.82) is 0 Å². The van der Waals surface area contributed by atoms with Gasteiger partial charge in [-0.1, -0.05) is 63.1 Å². The zero-order chi connectivity index (χ0) is 17.9. The highest BCUT2D eigenvalue weighted by molar-refractivity contribution is 5.79. The predicted molar refractivity (Wildman–Crippen MR) is 104 cm³/mol. The summed E-state index contributed by atoms with van der Waals surface area (Å²) >= 11 is 0. The summed E-state index contributed by atoms with van der Waals surface area (Å²) in [6.07, 6.45) is 16.4. The van der Waals surface area contributed by atoms with Crippen LogP contribution < -0.4 is 10.1 Å². The molecule has 4 saturated carbocycles. The number of nitrogens with one attached hydrogen (secondary N) is 1. The fourth-order valence-electron chi connectivity index (χ4n) is 5.85. The highest BCUT2D eigenvalue weighted by Gasteiger charge is 2.70. The summed E-state index contributed by atoms with van der Waals surface area (Å²) in [5, 5.41) is 3.28. The highest BCUT2D eigenvalue weighted by Crippen LogP contribution is 2.72. The summed E-state index contributed by atoms with van der Waals surface area (Å²) in [7, 11) is 0. The van der Waals surface area contributed by atoms with E-state index in [1.165, 1.54) is 77.0 Å². The molecule has 1 amide bonds. The Labute approximate surface area is 157 Å². The van der Waals surface area contributed by atoms with Gasteiger partial charge in [0.05, 0.1) is 0 Å². The molecule has 4 aliphatic carbocycles. The molecule has 26 heavy (non-hydrogen) atoms. The molecule has 5 rings (SSSR count). The van der Waals surface area contributed by atoms with Crippen molar-refractivity contribution in [3.63, 3.8) is 0 Å². The van der Waals surface area contributed by atoms with Crippen molar-refractivity contribution < 1.29 is 9.53 Å². The first-order valence-electron chi connectivity index (χ1n) is 10.7. The van der Waals surface area contributed by atoms with Gasteiger partial charge in [0.1, 0.15) is 5.75 Å². The number of amides is 1. The molecule has 1 aromatic rings. The number of para-hydroxylation sites is 1. The van der Waals surface area contributed by atoms with Gasteiger partial charge in [0.15, 0.2) is 6.61 Å². The van der Waals surface area contributed by atoms with Gasteiger partial charge in [0.25, 0.3) is 5.91 Å². The number of rotatable bonds is 5. The van der Waals surface area contributed by atoms with Gasteiger partial charge in [-0.3, -0.25) is 4.79 Å². The molecule has 0 radical (unpaired) electrons. The molecule has 2 bridgehead atoms. The van der Waals surface area contributed by atoms with Crippen LogP contribution in [-0.4, -0.2) is 18.1 Å². The fourth-order valence-corrected chi connectivity index (χ4v) is 5.85. The van der Waals surface area contributed by atoms with Crippen LogP contribution >= 0.6 is 0 Å². The lowest BCUT2D eigenvalue weighted by atomic mass is 9.35. The van der Waals surface area contributed by atoms with E-state index in [4.69, 9.17) is 4.74 Å². The third kappa shape index (κ3) is 3.77. The third-order valence-electron chi connectivity index (χ3n) is 7.06. The normalized spacial score (nSPS) is 32.0. The molecule has 3 nitrogen and oxygen atoms in total. The fraction of sp³-hybridized carbons (Fsp3) is 0.696. The molecule has 0 aromatic heterocycles. The van der Waals surface area contributed by atoms with Crippen molar-refractivity contribution in [3.05, 3.63) is 30.3 Å². The van der Waals surface area contributed by atoms with Crippen LogP contribution in [-0.2, 0) is 4.79 Å². The second kappa shape index (κ2) is 7.62. The topological polar surface area (TPSA) is 38.3 Å². The van der Waals surface area contributed by atoms with Crippen LogP contribution in [0.25, 0.3) is 0 Å². The summed E-state index contributed by atoms with van der Waals surface area (Å²) < 4.78 is 5.59. The molecular formula is C23H33NO2. The monoisotopic (exact) mass is 355 g/mol. The van der Waals surface area contributed by atoms with Gasteiger partial charge in [-0.2, -0.15) is 0 Å². The van der Waals surface area contributed by atoms with E-state index in [0.717, 1.165) is 11.7 Å². The quantitative estimate of drug-likeness (QED) is 0.784. The van der Waals surface area contributed by atoms with Crippen molar-refractivity contribution in [2.24, 2.45) is 11.3 Å². The van der Waals surface area contributed by atoms with Crippen LogP contribution in [0.5, 0.6) is 5.75 Å². The first-order chi connectivity index (χ1) is 12.7. The minimum Gasteiger partial charge on any atom is -0.484 e. The SMILES string of the molecule is O=C(COc1ccccc1)NC12CC(C3CCCCCCCCC3)(C1)C2. The maximum atomic E-state index is 12.3. The van der Waals surface area contributed by atoms with Crippen molar-refractivity contribution in [2.45, 2.75) is 82.6 Å². The zero-order valence-electron chi connectivity index (χ0n) is 16.0. The lowest BCUT2D eigenvalue weighted by Gasteiger charge is -2.73. The molecule has 1 N–H and O–H groups in total. The number of carbonyl (C=O) groups is 1. The van der Waals surface area contributed by atoms with E-state index in [1.54, 1.807) is 0 Å². The molecule has 0 unspecified atom stereocenters. The van der Waals surface area contributed by atoms with E-state index in [9.17, 15) is 4.79 Å². The van der Waals surface area contributed by atoms with Gasteiger partial charge in [0, 0.05) is 5.54 Å². The predicted octanol–water partition coefficient (Wildman–Crippen LogP) is 5.25. The number of ether oxygens (including phenoxy) is 1.